The molecule has 0 spiro atoms. The van der Waals surface area contributed by atoms with Gasteiger partial charge in [-0.3, -0.25) is 4.79 Å². The number of aromatic amines is 1. The molecule has 2 heterocycles. The normalized spacial score (nSPS) is 11.0. The van der Waals surface area contributed by atoms with Gasteiger partial charge in [-0.2, -0.15) is 0 Å². The van der Waals surface area contributed by atoms with E-state index in [0.717, 1.165) is 10.8 Å². The van der Waals surface area contributed by atoms with Crippen LogP contribution < -0.4 is 10.9 Å². The summed E-state index contributed by atoms with van der Waals surface area (Å²) in [6, 6.07) is 13.7. The van der Waals surface area contributed by atoms with E-state index in [2.05, 4.69) is 15.3 Å². The molecule has 0 saturated carbocycles. The molecular formula is C20H14ClN3O3. The molecule has 0 fully saturated rings. The lowest BCUT2D eigenvalue weighted by molar-refractivity contribution is 0.0699. The highest BCUT2D eigenvalue weighted by molar-refractivity contribution is 6.31. The molecule has 0 atom stereocenters. The number of hydrogen-bond donors (Lipinski definition) is 3. The molecule has 4 rings (SSSR count). The number of hydrogen-bond acceptors (Lipinski definition) is 4. The molecule has 2 aromatic carbocycles. The number of nitrogens with one attached hydrogen (secondary N) is 2. The van der Waals surface area contributed by atoms with Gasteiger partial charge in [0.15, 0.2) is 0 Å². The second-order valence-electron chi connectivity index (χ2n) is 6.11. The first-order valence-electron chi connectivity index (χ1n) is 8.19. The average Bonchev–Trinajstić information content (AvgIpc) is 2.66. The molecule has 4 aromatic rings. The molecule has 0 radical (unpaired) electrons. The van der Waals surface area contributed by atoms with E-state index >= 15 is 0 Å². The SMILES string of the molecule is O=C(O)c1cccc2cnc(NCc3cc4cc(Cl)ccc4[nH]c3=O)cc12. The Kier molecular flexibility index (Phi) is 4.25. The number of carboxylic acid groups (broad SMARTS) is 1. The van der Waals surface area contributed by atoms with Crippen molar-refractivity contribution in [1.29, 1.82) is 0 Å². The van der Waals surface area contributed by atoms with E-state index in [9.17, 15) is 14.7 Å². The van der Waals surface area contributed by atoms with Crippen LogP contribution in [0.3, 0.4) is 0 Å². The predicted octanol–water partition coefficient (Wildman–Crippen LogP) is 4.04. The molecule has 0 aliphatic heterocycles. The van der Waals surface area contributed by atoms with Crippen molar-refractivity contribution < 1.29 is 9.90 Å². The minimum Gasteiger partial charge on any atom is -0.478 e. The van der Waals surface area contributed by atoms with Gasteiger partial charge in [0, 0.05) is 45.0 Å². The van der Waals surface area contributed by atoms with Gasteiger partial charge >= 0.3 is 5.97 Å². The highest BCUT2D eigenvalue weighted by atomic mass is 35.5. The zero-order chi connectivity index (χ0) is 19.0. The van der Waals surface area contributed by atoms with E-state index < -0.39 is 5.97 Å². The summed E-state index contributed by atoms with van der Waals surface area (Å²) >= 11 is 6.01. The van der Waals surface area contributed by atoms with Crippen LogP contribution in [0.1, 0.15) is 15.9 Å². The lowest BCUT2D eigenvalue weighted by Crippen LogP contribution is -2.16. The number of aromatic nitrogens is 2. The third-order valence-corrected chi connectivity index (χ3v) is 4.57. The van der Waals surface area contributed by atoms with Gasteiger partial charge in [-0.15, -0.1) is 0 Å². The molecule has 0 saturated heterocycles. The van der Waals surface area contributed by atoms with E-state index in [1.54, 1.807) is 54.7 Å². The number of anilines is 1. The van der Waals surface area contributed by atoms with E-state index in [1.807, 2.05) is 0 Å². The minimum absolute atomic E-state index is 0.204. The van der Waals surface area contributed by atoms with Crippen LogP contribution in [-0.4, -0.2) is 21.0 Å². The fourth-order valence-electron chi connectivity index (χ4n) is 2.99. The van der Waals surface area contributed by atoms with Gasteiger partial charge in [0.2, 0.25) is 0 Å². The van der Waals surface area contributed by atoms with Crippen molar-refractivity contribution in [3.63, 3.8) is 0 Å². The lowest BCUT2D eigenvalue weighted by atomic mass is 10.1. The van der Waals surface area contributed by atoms with Gasteiger partial charge < -0.3 is 15.4 Å². The molecule has 6 nitrogen and oxygen atoms in total. The van der Waals surface area contributed by atoms with Gasteiger partial charge in [0.25, 0.3) is 5.56 Å². The van der Waals surface area contributed by atoms with Crippen LogP contribution in [0, 0.1) is 0 Å². The van der Waals surface area contributed by atoms with Crippen LogP contribution in [0.5, 0.6) is 0 Å². The maximum absolute atomic E-state index is 12.3. The van der Waals surface area contributed by atoms with Crippen molar-refractivity contribution in [2.24, 2.45) is 0 Å². The van der Waals surface area contributed by atoms with Crippen molar-refractivity contribution >= 4 is 45.1 Å². The summed E-state index contributed by atoms with van der Waals surface area (Å²) in [5.74, 6) is -0.512. The molecule has 0 unspecified atom stereocenters. The Morgan fingerprint density at radius 2 is 2.00 bits per heavy atom. The number of pyridine rings is 2. The molecule has 0 amide bonds. The number of halogens is 1. The topological polar surface area (TPSA) is 95.1 Å². The zero-order valence-electron chi connectivity index (χ0n) is 14.0. The summed E-state index contributed by atoms with van der Waals surface area (Å²) in [5, 5.41) is 15.2. The molecule has 0 aliphatic rings. The minimum atomic E-state index is -0.999. The van der Waals surface area contributed by atoms with Crippen LogP contribution >= 0.6 is 11.6 Å². The van der Waals surface area contributed by atoms with Crippen molar-refractivity contribution in [2.75, 3.05) is 5.32 Å². The number of aromatic carboxylic acids is 1. The summed E-state index contributed by atoms with van der Waals surface area (Å²) in [5.41, 5.74) is 1.24. The number of fused-ring (bicyclic) bond motifs is 2. The third-order valence-electron chi connectivity index (χ3n) is 4.34. The molecule has 2 aromatic heterocycles. The largest absolute Gasteiger partial charge is 0.478 e. The Morgan fingerprint density at radius 1 is 1.15 bits per heavy atom. The second kappa shape index (κ2) is 6.74. The Morgan fingerprint density at radius 3 is 2.81 bits per heavy atom. The van der Waals surface area contributed by atoms with Gasteiger partial charge in [-0.25, -0.2) is 9.78 Å². The fourth-order valence-corrected chi connectivity index (χ4v) is 3.17. The van der Waals surface area contributed by atoms with Crippen LogP contribution in [-0.2, 0) is 6.54 Å². The van der Waals surface area contributed by atoms with Gasteiger partial charge in [0.05, 0.1) is 5.56 Å². The van der Waals surface area contributed by atoms with Crippen molar-refractivity contribution in [3.05, 3.63) is 81.2 Å². The number of H-pyrrole nitrogens is 1. The number of carbonyl (C=O) groups is 1. The van der Waals surface area contributed by atoms with Crippen LogP contribution in [0.25, 0.3) is 21.7 Å². The molecule has 0 bridgehead atoms. The summed E-state index contributed by atoms with van der Waals surface area (Å²) < 4.78 is 0. The smallest absolute Gasteiger partial charge is 0.336 e. The Balaban J connectivity index is 1.66. The Bertz CT molecular complexity index is 1250. The highest BCUT2D eigenvalue weighted by Gasteiger charge is 2.10. The standard InChI is InChI=1S/C20H14ClN3O3/c21-14-4-5-17-12(7-14)6-13(19(25)24-17)10-23-18-8-16-11(9-22-18)2-1-3-15(16)20(26)27/h1-9H,10H2,(H,22,23)(H,24,25)(H,26,27). The monoisotopic (exact) mass is 379 g/mol. The van der Waals surface area contributed by atoms with Crippen LogP contribution in [0.15, 0.2) is 59.5 Å². The predicted molar refractivity (Wildman–Crippen MR) is 106 cm³/mol. The van der Waals surface area contributed by atoms with E-state index in [0.29, 0.717) is 27.3 Å². The fraction of sp³-hybridized carbons (Fsp3) is 0.0500. The Hall–Kier alpha value is -3.38. The molecule has 3 N–H and O–H groups in total. The second-order valence-corrected chi connectivity index (χ2v) is 6.55. The maximum atomic E-state index is 12.3. The average molecular weight is 380 g/mol. The molecule has 27 heavy (non-hydrogen) atoms. The number of rotatable bonds is 4. The molecule has 134 valence electrons. The lowest BCUT2D eigenvalue weighted by Gasteiger charge is -2.09. The number of nitrogens with zero attached hydrogens (tertiary/aromatic N) is 1. The van der Waals surface area contributed by atoms with Crippen molar-refractivity contribution in [2.45, 2.75) is 6.54 Å². The van der Waals surface area contributed by atoms with E-state index in [1.165, 1.54) is 0 Å². The highest BCUT2D eigenvalue weighted by Crippen LogP contribution is 2.22. The van der Waals surface area contributed by atoms with Crippen LogP contribution in [0.2, 0.25) is 5.02 Å². The summed E-state index contributed by atoms with van der Waals surface area (Å²) in [6.45, 7) is 0.242. The van der Waals surface area contributed by atoms with Crippen molar-refractivity contribution in [3.8, 4) is 0 Å². The summed E-state index contributed by atoms with van der Waals surface area (Å²) in [6.07, 6.45) is 1.61. The van der Waals surface area contributed by atoms with E-state index in [-0.39, 0.29) is 17.7 Å². The first-order valence-corrected chi connectivity index (χ1v) is 8.56. The first-order chi connectivity index (χ1) is 13.0. The summed E-state index contributed by atoms with van der Waals surface area (Å²) in [7, 11) is 0. The summed E-state index contributed by atoms with van der Waals surface area (Å²) in [4.78, 5) is 30.8. The molecule has 0 aliphatic carbocycles. The van der Waals surface area contributed by atoms with Gasteiger partial charge in [-0.1, -0.05) is 23.7 Å². The van der Waals surface area contributed by atoms with Crippen LogP contribution in [0.4, 0.5) is 5.82 Å². The number of carboxylic acids is 1. The third kappa shape index (κ3) is 3.35. The van der Waals surface area contributed by atoms with Gasteiger partial charge in [0.1, 0.15) is 5.82 Å². The molecule has 7 heteroatoms. The Labute approximate surface area is 158 Å². The zero-order valence-corrected chi connectivity index (χ0v) is 14.7. The maximum Gasteiger partial charge on any atom is 0.336 e. The van der Waals surface area contributed by atoms with Gasteiger partial charge in [-0.05, 0) is 36.4 Å². The van der Waals surface area contributed by atoms with Crippen molar-refractivity contribution in [1.82, 2.24) is 9.97 Å². The molecular weight excluding hydrogens is 366 g/mol. The quantitative estimate of drug-likeness (QED) is 0.497. The first kappa shape index (κ1) is 17.1. The number of benzene rings is 2. The van der Waals surface area contributed by atoms with E-state index in [4.69, 9.17) is 11.6 Å².